The Morgan fingerprint density at radius 3 is 2.33 bits per heavy atom. The average Bonchev–Trinajstić information content (AvgIpc) is 2.44. The van der Waals surface area contributed by atoms with E-state index in [0.717, 1.165) is 6.54 Å². The van der Waals surface area contributed by atoms with Crippen molar-refractivity contribution >= 4 is 11.8 Å². The quantitative estimate of drug-likeness (QED) is 0.775. The van der Waals surface area contributed by atoms with Crippen LogP contribution in [0, 0.1) is 0 Å². The van der Waals surface area contributed by atoms with Crippen molar-refractivity contribution in [2.75, 3.05) is 25.6 Å². The zero-order valence-corrected chi connectivity index (χ0v) is 15.3. The predicted molar refractivity (Wildman–Crippen MR) is 97.2 cm³/mol. The van der Waals surface area contributed by atoms with Crippen LogP contribution >= 0.6 is 11.8 Å². The Morgan fingerprint density at radius 1 is 1.19 bits per heavy atom. The minimum absolute atomic E-state index is 0.149. The van der Waals surface area contributed by atoms with Gasteiger partial charge in [0.1, 0.15) is 0 Å². The number of rotatable bonds is 8. The van der Waals surface area contributed by atoms with E-state index >= 15 is 0 Å². The molecule has 0 saturated heterocycles. The second kappa shape index (κ2) is 8.82. The summed E-state index contributed by atoms with van der Waals surface area (Å²) in [7, 11) is 2.26. The lowest BCUT2D eigenvalue weighted by molar-refractivity contribution is 0.169. The first-order chi connectivity index (χ1) is 9.85. The number of hydrogen-bond acceptors (Lipinski definition) is 3. The van der Waals surface area contributed by atoms with Gasteiger partial charge < -0.3 is 5.32 Å². The van der Waals surface area contributed by atoms with E-state index in [0.29, 0.717) is 12.1 Å². The molecular weight excluding hydrogens is 276 g/mol. The van der Waals surface area contributed by atoms with Gasteiger partial charge in [0.15, 0.2) is 0 Å². The Hall–Kier alpha value is -0.510. The molecule has 0 fully saturated rings. The molecule has 0 aliphatic heterocycles. The van der Waals surface area contributed by atoms with Crippen LogP contribution in [0.25, 0.3) is 0 Å². The van der Waals surface area contributed by atoms with E-state index in [1.807, 2.05) is 11.8 Å². The van der Waals surface area contributed by atoms with E-state index in [1.54, 1.807) is 0 Å². The maximum Gasteiger partial charge on any atom is 0.0472 e. The lowest BCUT2D eigenvalue weighted by Crippen LogP contribution is -2.44. The van der Waals surface area contributed by atoms with Crippen molar-refractivity contribution < 1.29 is 0 Å². The van der Waals surface area contributed by atoms with E-state index in [2.05, 4.69) is 81.5 Å². The lowest BCUT2D eigenvalue weighted by atomic mass is 10.0. The molecule has 1 aromatic carbocycles. The number of nitrogens with zero attached hydrogens (tertiary/aromatic N) is 1. The van der Waals surface area contributed by atoms with Gasteiger partial charge in [-0.15, -0.1) is 0 Å². The molecule has 0 bridgehead atoms. The van der Waals surface area contributed by atoms with Crippen molar-refractivity contribution in [2.45, 2.75) is 51.7 Å². The summed E-state index contributed by atoms with van der Waals surface area (Å²) in [5.41, 5.74) is 1.55. The first kappa shape index (κ1) is 18.5. The molecule has 0 heterocycles. The van der Waals surface area contributed by atoms with Crippen LogP contribution in [0.5, 0.6) is 0 Å². The molecule has 3 heteroatoms. The molecule has 1 aromatic rings. The predicted octanol–water partition coefficient (Wildman–Crippen LogP) is 4.19. The largest absolute Gasteiger partial charge is 0.310 e. The minimum Gasteiger partial charge on any atom is -0.310 e. The van der Waals surface area contributed by atoms with Crippen LogP contribution in [0.3, 0.4) is 0 Å². The second-order valence-electron chi connectivity index (χ2n) is 6.85. The fraction of sp³-hybridized carbons (Fsp3) is 0.667. The molecule has 0 spiro atoms. The van der Waals surface area contributed by atoms with Gasteiger partial charge in [-0.25, -0.2) is 0 Å². The summed E-state index contributed by atoms with van der Waals surface area (Å²) in [5, 5.41) is 3.67. The molecule has 2 atom stereocenters. The van der Waals surface area contributed by atoms with Gasteiger partial charge in [-0.2, -0.15) is 11.8 Å². The van der Waals surface area contributed by atoms with Crippen LogP contribution in [0.15, 0.2) is 30.3 Å². The van der Waals surface area contributed by atoms with Crippen molar-refractivity contribution in [3.05, 3.63) is 35.9 Å². The first-order valence-corrected chi connectivity index (χ1v) is 9.25. The average molecular weight is 309 g/mol. The zero-order chi connectivity index (χ0) is 15.9. The summed E-state index contributed by atoms with van der Waals surface area (Å²) in [6.45, 7) is 10.0. The number of nitrogens with one attached hydrogen (secondary N) is 1. The number of hydrogen-bond donors (Lipinski definition) is 1. The molecule has 0 amide bonds. The minimum atomic E-state index is 0.149. The number of benzene rings is 1. The second-order valence-corrected chi connectivity index (χ2v) is 7.84. The molecule has 120 valence electrons. The maximum atomic E-state index is 3.67. The van der Waals surface area contributed by atoms with Crippen LogP contribution in [0.4, 0.5) is 0 Å². The fourth-order valence-corrected chi connectivity index (χ4v) is 2.95. The molecule has 0 aliphatic rings. The summed E-state index contributed by atoms with van der Waals surface area (Å²) in [6, 6.07) is 11.9. The molecule has 0 radical (unpaired) electrons. The topological polar surface area (TPSA) is 15.3 Å². The highest BCUT2D eigenvalue weighted by molar-refractivity contribution is 7.98. The lowest BCUT2D eigenvalue weighted by Gasteiger charge is -2.36. The van der Waals surface area contributed by atoms with Crippen LogP contribution in [-0.2, 0) is 0 Å². The Morgan fingerprint density at radius 2 is 1.81 bits per heavy atom. The molecule has 1 rings (SSSR count). The third-order valence-corrected chi connectivity index (χ3v) is 4.58. The van der Waals surface area contributed by atoms with Crippen LogP contribution in [0.2, 0.25) is 0 Å². The summed E-state index contributed by atoms with van der Waals surface area (Å²) in [5.74, 6) is 1.22. The van der Waals surface area contributed by atoms with Gasteiger partial charge in [-0.05, 0) is 58.7 Å². The smallest absolute Gasteiger partial charge is 0.0472 e. The zero-order valence-electron chi connectivity index (χ0n) is 14.5. The standard InChI is InChI=1S/C18H32N2S/c1-15(12-13-21-6)20(5)17(14-19-18(2,3)4)16-10-8-7-9-11-16/h7-11,15,17,19H,12-14H2,1-6H3. The van der Waals surface area contributed by atoms with Gasteiger partial charge in [0, 0.05) is 24.2 Å². The molecule has 0 saturated carbocycles. The highest BCUT2D eigenvalue weighted by Gasteiger charge is 2.22. The maximum absolute atomic E-state index is 3.67. The number of thioether (sulfide) groups is 1. The van der Waals surface area contributed by atoms with Crippen LogP contribution < -0.4 is 5.32 Å². The Bertz CT molecular complexity index is 386. The molecule has 21 heavy (non-hydrogen) atoms. The van der Waals surface area contributed by atoms with Crippen molar-refractivity contribution in [1.29, 1.82) is 0 Å². The normalized spacial score (nSPS) is 15.2. The molecule has 2 unspecified atom stereocenters. The highest BCUT2D eigenvalue weighted by atomic mass is 32.2. The van der Waals surface area contributed by atoms with Crippen LogP contribution in [0.1, 0.15) is 45.7 Å². The van der Waals surface area contributed by atoms with E-state index < -0.39 is 0 Å². The van der Waals surface area contributed by atoms with Gasteiger partial charge in [0.2, 0.25) is 0 Å². The van der Waals surface area contributed by atoms with E-state index in [-0.39, 0.29) is 5.54 Å². The van der Waals surface area contributed by atoms with Crippen LogP contribution in [-0.4, -0.2) is 42.1 Å². The Labute approximate surface area is 135 Å². The fourth-order valence-electron chi connectivity index (χ4n) is 2.37. The monoisotopic (exact) mass is 308 g/mol. The number of likely N-dealkylation sites (N-methyl/N-ethyl adjacent to an activating group) is 1. The third kappa shape index (κ3) is 6.86. The van der Waals surface area contributed by atoms with E-state index in [4.69, 9.17) is 0 Å². The first-order valence-electron chi connectivity index (χ1n) is 7.86. The van der Waals surface area contributed by atoms with Gasteiger partial charge in [0.25, 0.3) is 0 Å². The molecular formula is C18H32N2S. The van der Waals surface area contributed by atoms with Gasteiger partial charge in [0.05, 0.1) is 0 Å². The summed E-state index contributed by atoms with van der Waals surface area (Å²) >= 11 is 1.93. The SMILES string of the molecule is CSCCC(C)N(C)C(CNC(C)(C)C)c1ccccc1. The summed E-state index contributed by atoms with van der Waals surface area (Å²) in [6.07, 6.45) is 3.42. The Kier molecular flexibility index (Phi) is 7.78. The highest BCUT2D eigenvalue weighted by Crippen LogP contribution is 2.23. The summed E-state index contributed by atoms with van der Waals surface area (Å²) < 4.78 is 0. The van der Waals surface area contributed by atoms with Gasteiger partial charge >= 0.3 is 0 Å². The molecule has 1 N–H and O–H groups in total. The molecule has 2 nitrogen and oxygen atoms in total. The van der Waals surface area contributed by atoms with Crippen molar-refractivity contribution in [3.63, 3.8) is 0 Å². The van der Waals surface area contributed by atoms with Crippen molar-refractivity contribution in [2.24, 2.45) is 0 Å². The van der Waals surface area contributed by atoms with E-state index in [1.165, 1.54) is 17.7 Å². The van der Waals surface area contributed by atoms with Crippen molar-refractivity contribution in [1.82, 2.24) is 10.2 Å². The van der Waals surface area contributed by atoms with Crippen molar-refractivity contribution in [3.8, 4) is 0 Å². The van der Waals surface area contributed by atoms with E-state index in [9.17, 15) is 0 Å². The molecule has 0 aliphatic carbocycles. The van der Waals surface area contributed by atoms with Gasteiger partial charge in [-0.1, -0.05) is 30.3 Å². The molecule has 0 aromatic heterocycles. The summed E-state index contributed by atoms with van der Waals surface area (Å²) in [4.78, 5) is 2.52. The Balaban J connectivity index is 2.81. The third-order valence-electron chi connectivity index (χ3n) is 3.94. The van der Waals surface area contributed by atoms with Gasteiger partial charge in [-0.3, -0.25) is 4.90 Å².